The van der Waals surface area contributed by atoms with Gasteiger partial charge in [0.15, 0.2) is 0 Å². The molecule has 0 aromatic heterocycles. The Bertz CT molecular complexity index is 832. The lowest BCUT2D eigenvalue weighted by molar-refractivity contribution is 0.0592. The molecular formula is C17H14Cl2N2O4. The highest BCUT2D eigenvalue weighted by Crippen LogP contribution is 2.25. The topological polar surface area (TPSA) is 83.0 Å². The number of nitrogens with zero attached hydrogens (tertiary/aromatic N) is 1. The van der Waals surface area contributed by atoms with Crippen molar-refractivity contribution in [1.82, 2.24) is 0 Å². The summed E-state index contributed by atoms with van der Waals surface area (Å²) in [5.74, 6) is -0.879. The highest BCUT2D eigenvalue weighted by atomic mass is 35.5. The summed E-state index contributed by atoms with van der Waals surface area (Å²) in [5.41, 5.74) is 6.97. The van der Waals surface area contributed by atoms with E-state index in [1.54, 1.807) is 12.1 Å². The first-order valence-corrected chi connectivity index (χ1v) is 7.48. The van der Waals surface area contributed by atoms with Gasteiger partial charge in [-0.1, -0.05) is 35.3 Å². The molecule has 2 N–H and O–H groups in total. The lowest BCUT2D eigenvalue weighted by Gasteiger charge is -2.00. The fourth-order valence-electron chi connectivity index (χ4n) is 1.61. The SMILES string of the molecule is COC(=O)c1ccc(N)c(Cl)c1.[C-]#[N+]c1ccc(C(=O)OC)cc1Cl. The fourth-order valence-corrected chi connectivity index (χ4v) is 2.02. The Hall–Kier alpha value is -2.75. The number of hydrogen-bond donors (Lipinski definition) is 1. The van der Waals surface area contributed by atoms with Gasteiger partial charge in [-0.2, -0.15) is 0 Å². The molecular weight excluding hydrogens is 367 g/mol. The molecule has 130 valence electrons. The van der Waals surface area contributed by atoms with Crippen molar-refractivity contribution in [3.63, 3.8) is 0 Å². The Labute approximate surface area is 154 Å². The molecule has 0 fully saturated rings. The quantitative estimate of drug-likeness (QED) is 0.474. The molecule has 0 spiro atoms. The third-order valence-corrected chi connectivity index (χ3v) is 3.54. The van der Waals surface area contributed by atoms with Crippen LogP contribution in [0.4, 0.5) is 11.4 Å². The zero-order chi connectivity index (χ0) is 19.0. The maximum Gasteiger partial charge on any atom is 0.337 e. The summed E-state index contributed by atoms with van der Waals surface area (Å²) in [6, 6.07) is 9.01. The first-order chi connectivity index (χ1) is 11.8. The highest BCUT2D eigenvalue weighted by molar-refractivity contribution is 6.33. The van der Waals surface area contributed by atoms with Crippen LogP contribution in [0, 0.1) is 6.57 Å². The normalized spacial score (nSPS) is 9.24. The third-order valence-electron chi connectivity index (χ3n) is 2.91. The molecule has 8 heteroatoms. The van der Waals surface area contributed by atoms with Gasteiger partial charge in [-0.15, -0.1) is 0 Å². The van der Waals surface area contributed by atoms with E-state index in [-0.39, 0.29) is 5.02 Å². The number of halogens is 2. The fraction of sp³-hybridized carbons (Fsp3) is 0.118. The summed E-state index contributed by atoms with van der Waals surface area (Å²) in [4.78, 5) is 25.1. The Balaban J connectivity index is 0.000000251. The number of hydrogen-bond acceptors (Lipinski definition) is 5. The minimum Gasteiger partial charge on any atom is -0.465 e. The number of methoxy groups -OCH3 is 2. The van der Waals surface area contributed by atoms with Crippen LogP contribution in [0.3, 0.4) is 0 Å². The van der Waals surface area contributed by atoms with Crippen molar-refractivity contribution < 1.29 is 19.1 Å². The molecule has 0 aliphatic heterocycles. The van der Waals surface area contributed by atoms with Gasteiger partial charge in [-0.3, -0.25) is 0 Å². The van der Waals surface area contributed by atoms with Crippen molar-refractivity contribution in [3.8, 4) is 0 Å². The number of esters is 2. The van der Waals surface area contributed by atoms with Crippen LogP contribution in [0.5, 0.6) is 0 Å². The number of anilines is 1. The van der Waals surface area contributed by atoms with Crippen LogP contribution in [0.2, 0.25) is 10.0 Å². The van der Waals surface area contributed by atoms with Crippen LogP contribution in [-0.2, 0) is 9.47 Å². The van der Waals surface area contributed by atoms with Crippen LogP contribution in [-0.4, -0.2) is 26.2 Å². The molecule has 2 rings (SSSR count). The summed E-state index contributed by atoms with van der Waals surface area (Å²) in [5, 5.41) is 0.621. The highest BCUT2D eigenvalue weighted by Gasteiger charge is 2.08. The van der Waals surface area contributed by atoms with Crippen LogP contribution in [0.1, 0.15) is 20.7 Å². The summed E-state index contributed by atoms with van der Waals surface area (Å²) in [7, 11) is 2.60. The molecule has 2 aromatic rings. The molecule has 2 aromatic carbocycles. The summed E-state index contributed by atoms with van der Waals surface area (Å²) in [6.45, 7) is 6.73. The number of carbonyl (C=O) groups is 2. The predicted molar refractivity (Wildman–Crippen MR) is 96.3 cm³/mol. The van der Waals surface area contributed by atoms with Gasteiger partial charge in [0.25, 0.3) is 0 Å². The molecule has 0 atom stereocenters. The molecule has 0 heterocycles. The van der Waals surface area contributed by atoms with Gasteiger partial charge in [-0.25, -0.2) is 14.4 Å². The number of benzene rings is 2. The average Bonchev–Trinajstić information content (AvgIpc) is 2.63. The van der Waals surface area contributed by atoms with Gasteiger partial charge in [0.1, 0.15) is 0 Å². The number of carbonyl (C=O) groups excluding carboxylic acids is 2. The van der Waals surface area contributed by atoms with Crippen molar-refractivity contribution in [1.29, 1.82) is 0 Å². The smallest absolute Gasteiger partial charge is 0.337 e. The summed E-state index contributed by atoms with van der Waals surface area (Å²) < 4.78 is 8.98. The van der Waals surface area contributed by atoms with Crippen molar-refractivity contribution in [3.05, 3.63) is 69.0 Å². The van der Waals surface area contributed by atoms with E-state index in [0.717, 1.165) is 0 Å². The van der Waals surface area contributed by atoms with Crippen LogP contribution >= 0.6 is 23.2 Å². The van der Waals surface area contributed by atoms with Crippen LogP contribution in [0.25, 0.3) is 4.85 Å². The van der Waals surface area contributed by atoms with Gasteiger partial charge < -0.3 is 15.2 Å². The molecule has 0 saturated carbocycles. The first-order valence-electron chi connectivity index (χ1n) is 6.72. The second kappa shape index (κ2) is 9.52. The van der Waals surface area contributed by atoms with E-state index >= 15 is 0 Å². The molecule has 0 amide bonds. The molecule has 0 unspecified atom stereocenters. The van der Waals surface area contributed by atoms with Gasteiger partial charge >= 0.3 is 11.9 Å². The minimum atomic E-state index is -0.460. The predicted octanol–water partition coefficient (Wildman–Crippen LogP) is 4.39. The van der Waals surface area contributed by atoms with E-state index in [0.29, 0.717) is 27.5 Å². The second-order valence-electron chi connectivity index (χ2n) is 4.50. The zero-order valence-electron chi connectivity index (χ0n) is 13.4. The standard InChI is InChI=1S/C9H6ClNO2.C8H8ClNO2/c1-11-8-4-3-6(5-7(8)10)9(12)13-2;1-12-8(11)5-2-3-7(10)6(9)4-5/h3-5H,2H3;2-4H,10H2,1H3. The Morgan fingerprint density at radius 3 is 1.84 bits per heavy atom. The lowest BCUT2D eigenvalue weighted by atomic mass is 10.2. The minimum absolute atomic E-state index is 0.262. The molecule has 0 aliphatic rings. The van der Waals surface area contributed by atoms with Gasteiger partial charge in [0.2, 0.25) is 5.69 Å². The van der Waals surface area contributed by atoms with E-state index in [1.807, 2.05) is 0 Å². The van der Waals surface area contributed by atoms with E-state index in [4.69, 9.17) is 35.5 Å². The third kappa shape index (κ3) is 5.68. The number of ether oxygens (including phenoxy) is 2. The summed E-state index contributed by atoms with van der Waals surface area (Å²) in [6.07, 6.45) is 0. The molecule has 6 nitrogen and oxygen atoms in total. The van der Waals surface area contributed by atoms with Crippen molar-refractivity contribution in [2.75, 3.05) is 20.0 Å². The van der Waals surface area contributed by atoms with Crippen molar-refractivity contribution >= 4 is 46.5 Å². The van der Waals surface area contributed by atoms with E-state index in [1.165, 1.54) is 38.5 Å². The van der Waals surface area contributed by atoms with Crippen molar-refractivity contribution in [2.24, 2.45) is 0 Å². The van der Waals surface area contributed by atoms with E-state index in [9.17, 15) is 9.59 Å². The Morgan fingerprint density at radius 1 is 0.960 bits per heavy atom. The van der Waals surface area contributed by atoms with Crippen molar-refractivity contribution in [2.45, 2.75) is 0 Å². The van der Waals surface area contributed by atoms with Gasteiger partial charge in [-0.05, 0) is 24.3 Å². The maximum absolute atomic E-state index is 11.0. The molecule has 25 heavy (non-hydrogen) atoms. The van der Waals surface area contributed by atoms with Crippen LogP contribution < -0.4 is 5.73 Å². The van der Waals surface area contributed by atoms with E-state index < -0.39 is 11.9 Å². The van der Waals surface area contributed by atoms with E-state index in [2.05, 4.69) is 14.3 Å². The molecule has 0 aliphatic carbocycles. The zero-order valence-corrected chi connectivity index (χ0v) is 14.9. The number of nitrogens with two attached hydrogens (primary N) is 1. The Kier molecular flexibility index (Phi) is 7.73. The molecule has 0 radical (unpaired) electrons. The van der Waals surface area contributed by atoms with Gasteiger partial charge in [0, 0.05) is 5.02 Å². The second-order valence-corrected chi connectivity index (χ2v) is 5.31. The number of rotatable bonds is 2. The number of nitrogen functional groups attached to an aromatic ring is 1. The average molecular weight is 381 g/mol. The summed E-state index contributed by atoms with van der Waals surface area (Å²) >= 11 is 11.4. The molecule has 0 saturated heterocycles. The Morgan fingerprint density at radius 2 is 1.44 bits per heavy atom. The van der Waals surface area contributed by atoms with Crippen LogP contribution in [0.15, 0.2) is 36.4 Å². The van der Waals surface area contributed by atoms with Gasteiger partial charge in [0.05, 0.1) is 42.6 Å². The largest absolute Gasteiger partial charge is 0.465 e. The monoisotopic (exact) mass is 380 g/mol. The maximum atomic E-state index is 11.0. The lowest BCUT2D eigenvalue weighted by Crippen LogP contribution is -2.01. The molecule has 0 bridgehead atoms. The first kappa shape index (κ1) is 20.3.